The van der Waals surface area contributed by atoms with Crippen molar-refractivity contribution < 1.29 is 13.6 Å². The summed E-state index contributed by atoms with van der Waals surface area (Å²) < 4.78 is 27.5. The first kappa shape index (κ1) is 19.5. The van der Waals surface area contributed by atoms with Crippen LogP contribution in [0.1, 0.15) is 37.9 Å². The van der Waals surface area contributed by atoms with E-state index in [2.05, 4.69) is 4.90 Å². The number of hydrogen-bond donors (Lipinski definition) is 0. The van der Waals surface area contributed by atoms with Gasteiger partial charge in [-0.25, -0.2) is 8.78 Å². The van der Waals surface area contributed by atoms with Gasteiger partial charge in [0, 0.05) is 37.8 Å². The molecule has 0 N–H and O–H groups in total. The Morgan fingerprint density at radius 1 is 1.11 bits per heavy atom. The topological polar surface area (TPSA) is 23.6 Å². The zero-order valence-electron chi connectivity index (χ0n) is 15.7. The second kappa shape index (κ2) is 9.09. The monoisotopic (exact) mass is 372 g/mol. The molecule has 1 heterocycles. The summed E-state index contributed by atoms with van der Waals surface area (Å²) in [4.78, 5) is 16.5. The van der Waals surface area contributed by atoms with Gasteiger partial charge in [0.2, 0.25) is 5.91 Å². The Hall–Kier alpha value is -2.27. The third-order valence-electron chi connectivity index (χ3n) is 5.18. The zero-order chi connectivity index (χ0) is 19.2. The largest absolute Gasteiger partial charge is 0.309 e. The molecule has 2 aromatic rings. The van der Waals surface area contributed by atoms with Gasteiger partial charge in [0.15, 0.2) is 0 Å². The number of halogens is 2. The van der Waals surface area contributed by atoms with Crippen LogP contribution < -0.4 is 4.90 Å². The highest BCUT2D eigenvalue weighted by atomic mass is 19.1. The number of para-hydroxylation sites is 1. The molecule has 0 radical (unpaired) electrons. The summed E-state index contributed by atoms with van der Waals surface area (Å²) in [5, 5.41) is 0. The van der Waals surface area contributed by atoms with Gasteiger partial charge in [-0.15, -0.1) is 0 Å². The van der Waals surface area contributed by atoms with Crippen molar-refractivity contribution >= 4 is 11.6 Å². The molecule has 144 valence electrons. The summed E-state index contributed by atoms with van der Waals surface area (Å²) in [6.45, 7) is 3.66. The average molecular weight is 372 g/mol. The molecule has 0 bridgehead atoms. The van der Waals surface area contributed by atoms with Gasteiger partial charge in [-0.05, 0) is 42.7 Å². The molecule has 1 fully saturated rings. The number of piperidine rings is 1. The van der Waals surface area contributed by atoms with Crippen molar-refractivity contribution in [1.82, 2.24) is 4.90 Å². The molecular formula is C22H26F2N2O. The Morgan fingerprint density at radius 2 is 1.74 bits per heavy atom. The molecule has 27 heavy (non-hydrogen) atoms. The first-order valence-corrected chi connectivity index (χ1v) is 9.57. The molecule has 0 aliphatic carbocycles. The van der Waals surface area contributed by atoms with E-state index < -0.39 is 6.17 Å². The van der Waals surface area contributed by atoms with Crippen LogP contribution in [0.4, 0.5) is 14.5 Å². The molecule has 0 aromatic heterocycles. The van der Waals surface area contributed by atoms with E-state index in [1.165, 1.54) is 24.3 Å². The first-order chi connectivity index (χ1) is 13.1. The summed E-state index contributed by atoms with van der Waals surface area (Å²) >= 11 is 0. The van der Waals surface area contributed by atoms with E-state index in [0.29, 0.717) is 18.5 Å². The molecule has 5 heteroatoms. The van der Waals surface area contributed by atoms with E-state index in [0.717, 1.165) is 31.6 Å². The molecule has 1 atom stereocenters. The van der Waals surface area contributed by atoms with Crippen molar-refractivity contribution in [3.05, 3.63) is 66.0 Å². The summed E-state index contributed by atoms with van der Waals surface area (Å²) in [5.41, 5.74) is 1.43. The van der Waals surface area contributed by atoms with Crippen LogP contribution in [0, 0.1) is 5.82 Å². The van der Waals surface area contributed by atoms with Gasteiger partial charge < -0.3 is 4.90 Å². The summed E-state index contributed by atoms with van der Waals surface area (Å²) in [6, 6.07) is 15.5. The van der Waals surface area contributed by atoms with Gasteiger partial charge >= 0.3 is 0 Å². The highest BCUT2D eigenvalue weighted by Gasteiger charge is 2.29. The molecule has 1 amide bonds. The van der Waals surface area contributed by atoms with Crippen LogP contribution in [0.25, 0.3) is 0 Å². The number of carbonyl (C=O) groups is 1. The highest BCUT2D eigenvalue weighted by molar-refractivity contribution is 5.93. The van der Waals surface area contributed by atoms with E-state index in [1.807, 2.05) is 42.2 Å². The maximum Gasteiger partial charge on any atom is 0.226 e. The predicted octanol–water partition coefficient (Wildman–Crippen LogP) is 4.74. The van der Waals surface area contributed by atoms with Gasteiger partial charge in [-0.3, -0.25) is 9.69 Å². The normalized spacial score (nSPS) is 16.9. The zero-order valence-corrected chi connectivity index (χ0v) is 15.7. The van der Waals surface area contributed by atoms with Crippen LogP contribution in [0.5, 0.6) is 0 Å². The molecule has 3 rings (SSSR count). The molecule has 0 spiro atoms. The quantitative estimate of drug-likeness (QED) is 0.731. The average Bonchev–Trinajstić information content (AvgIpc) is 2.70. The Bertz CT molecular complexity index is 728. The van der Waals surface area contributed by atoms with Crippen LogP contribution in [-0.2, 0) is 4.79 Å². The van der Waals surface area contributed by atoms with Gasteiger partial charge in [-0.1, -0.05) is 37.3 Å². The van der Waals surface area contributed by atoms with E-state index in [1.54, 1.807) is 0 Å². The maximum atomic E-state index is 14.5. The van der Waals surface area contributed by atoms with E-state index in [-0.39, 0.29) is 17.8 Å². The minimum absolute atomic E-state index is 0.120. The lowest BCUT2D eigenvalue weighted by atomic mass is 10.0. The van der Waals surface area contributed by atoms with Crippen molar-refractivity contribution in [2.75, 3.05) is 24.5 Å². The third kappa shape index (κ3) is 4.92. The number of amides is 1. The summed E-state index contributed by atoms with van der Waals surface area (Å²) in [7, 11) is 0. The van der Waals surface area contributed by atoms with Crippen LogP contribution in [0.2, 0.25) is 0 Å². The fraction of sp³-hybridized carbons (Fsp3) is 0.409. The standard InChI is InChI=1S/C22H26F2N2O/c1-2-22(27)26(19-6-4-3-5-7-19)20-12-14-25(15-13-20)16-21(24)17-8-10-18(23)11-9-17/h3-11,20-21H,2,12-16H2,1H3. The molecule has 3 nitrogen and oxygen atoms in total. The maximum absolute atomic E-state index is 14.5. The Kier molecular flexibility index (Phi) is 6.56. The van der Waals surface area contributed by atoms with Crippen molar-refractivity contribution in [2.24, 2.45) is 0 Å². The van der Waals surface area contributed by atoms with Crippen LogP contribution >= 0.6 is 0 Å². The number of hydrogen-bond acceptors (Lipinski definition) is 2. The smallest absolute Gasteiger partial charge is 0.226 e. The van der Waals surface area contributed by atoms with E-state index in [9.17, 15) is 13.6 Å². The second-order valence-corrected chi connectivity index (χ2v) is 7.00. The van der Waals surface area contributed by atoms with Gasteiger partial charge in [-0.2, -0.15) is 0 Å². The Labute approximate surface area is 159 Å². The van der Waals surface area contributed by atoms with Crippen molar-refractivity contribution in [1.29, 1.82) is 0 Å². The molecule has 1 saturated heterocycles. The number of rotatable bonds is 6. The van der Waals surface area contributed by atoms with Gasteiger partial charge in [0.1, 0.15) is 12.0 Å². The number of anilines is 1. The Balaban J connectivity index is 1.60. The summed E-state index contributed by atoms with van der Waals surface area (Å²) in [5.74, 6) is -0.234. The molecule has 2 aromatic carbocycles. The SMILES string of the molecule is CCC(=O)N(c1ccccc1)C1CCN(CC(F)c2ccc(F)cc2)CC1. The fourth-order valence-electron chi connectivity index (χ4n) is 3.68. The number of carbonyl (C=O) groups excluding carboxylic acids is 1. The lowest BCUT2D eigenvalue weighted by molar-refractivity contribution is -0.119. The van der Waals surface area contributed by atoms with Crippen LogP contribution in [0.3, 0.4) is 0 Å². The number of benzene rings is 2. The van der Waals surface area contributed by atoms with E-state index >= 15 is 0 Å². The minimum Gasteiger partial charge on any atom is -0.309 e. The minimum atomic E-state index is -1.13. The van der Waals surface area contributed by atoms with Crippen molar-refractivity contribution in [3.63, 3.8) is 0 Å². The van der Waals surface area contributed by atoms with E-state index in [4.69, 9.17) is 0 Å². The second-order valence-electron chi connectivity index (χ2n) is 7.00. The fourth-order valence-corrected chi connectivity index (χ4v) is 3.68. The predicted molar refractivity (Wildman–Crippen MR) is 104 cm³/mol. The Morgan fingerprint density at radius 3 is 2.33 bits per heavy atom. The molecule has 1 aliphatic rings. The number of alkyl halides is 1. The van der Waals surface area contributed by atoms with Gasteiger partial charge in [0.05, 0.1) is 0 Å². The first-order valence-electron chi connectivity index (χ1n) is 9.57. The van der Waals surface area contributed by atoms with Crippen LogP contribution in [0.15, 0.2) is 54.6 Å². The number of likely N-dealkylation sites (tertiary alicyclic amines) is 1. The van der Waals surface area contributed by atoms with Gasteiger partial charge in [0.25, 0.3) is 0 Å². The number of nitrogens with zero attached hydrogens (tertiary/aromatic N) is 2. The highest BCUT2D eigenvalue weighted by Crippen LogP contribution is 2.26. The van der Waals surface area contributed by atoms with Crippen molar-refractivity contribution in [3.8, 4) is 0 Å². The third-order valence-corrected chi connectivity index (χ3v) is 5.18. The summed E-state index contributed by atoms with van der Waals surface area (Å²) in [6.07, 6.45) is 0.962. The molecule has 0 saturated carbocycles. The lowest BCUT2D eigenvalue weighted by Gasteiger charge is -2.39. The lowest BCUT2D eigenvalue weighted by Crippen LogP contribution is -2.48. The molecule has 1 aliphatic heterocycles. The molecular weight excluding hydrogens is 346 g/mol. The van der Waals surface area contributed by atoms with Crippen molar-refractivity contribution in [2.45, 2.75) is 38.4 Å². The molecule has 1 unspecified atom stereocenters. The van der Waals surface area contributed by atoms with Crippen LogP contribution in [-0.4, -0.2) is 36.5 Å².